The van der Waals surface area contributed by atoms with Gasteiger partial charge in [-0.2, -0.15) is 0 Å². The van der Waals surface area contributed by atoms with E-state index >= 15 is 0 Å². The highest BCUT2D eigenvalue weighted by Gasteiger charge is 2.14. The van der Waals surface area contributed by atoms with Gasteiger partial charge in [-0.25, -0.2) is 0 Å². The molecule has 0 heterocycles. The van der Waals surface area contributed by atoms with Crippen LogP contribution in [0.1, 0.15) is 16.7 Å². The van der Waals surface area contributed by atoms with Crippen LogP contribution in [0.25, 0.3) is 11.6 Å². The van der Waals surface area contributed by atoms with E-state index in [1.807, 2.05) is 18.2 Å². The smallest absolute Gasteiger partial charge is 0.270 e. The lowest BCUT2D eigenvalue weighted by Gasteiger charge is -2.11. The summed E-state index contributed by atoms with van der Waals surface area (Å²) < 4.78 is 0. The van der Waals surface area contributed by atoms with E-state index in [9.17, 15) is 14.9 Å². The summed E-state index contributed by atoms with van der Waals surface area (Å²) in [5, 5.41) is 14.9. The monoisotopic (exact) mass is 426 g/mol. The first-order valence-electron chi connectivity index (χ1n) is 8.68. The quantitative estimate of drug-likeness (QED) is 0.235. The molecular weight excluding hydrogens is 411 g/mol. The van der Waals surface area contributed by atoms with Crippen LogP contribution >= 0.6 is 23.2 Å². The molecule has 146 valence electrons. The van der Waals surface area contributed by atoms with Gasteiger partial charge in [-0.1, -0.05) is 71.7 Å². The molecule has 3 rings (SSSR count). The summed E-state index contributed by atoms with van der Waals surface area (Å²) in [5.41, 5.74) is 2.32. The van der Waals surface area contributed by atoms with Crippen LogP contribution in [-0.4, -0.2) is 10.8 Å². The molecule has 0 bridgehead atoms. The molecule has 0 unspecified atom stereocenters. The summed E-state index contributed by atoms with van der Waals surface area (Å²) >= 11 is 12.1. The third-order valence-electron chi connectivity index (χ3n) is 4.18. The number of nitro groups is 1. The van der Waals surface area contributed by atoms with Crippen molar-refractivity contribution in [3.05, 3.63) is 110 Å². The SMILES string of the molecule is O=C(NCc1ccc(Cl)cc1Cl)C(=Cc1cccc([N+](=O)[O-])c1)c1ccccc1. The van der Waals surface area contributed by atoms with E-state index in [-0.39, 0.29) is 18.1 Å². The number of hydrogen-bond acceptors (Lipinski definition) is 3. The van der Waals surface area contributed by atoms with Gasteiger partial charge in [-0.05, 0) is 34.9 Å². The maximum Gasteiger partial charge on any atom is 0.270 e. The van der Waals surface area contributed by atoms with E-state index in [2.05, 4.69) is 5.32 Å². The Morgan fingerprint density at radius 3 is 2.45 bits per heavy atom. The zero-order chi connectivity index (χ0) is 20.8. The highest BCUT2D eigenvalue weighted by atomic mass is 35.5. The molecular formula is C22H16Cl2N2O3. The Balaban J connectivity index is 1.90. The van der Waals surface area contributed by atoms with E-state index in [0.717, 1.165) is 5.56 Å². The molecule has 0 saturated carbocycles. The fourth-order valence-corrected chi connectivity index (χ4v) is 3.20. The lowest BCUT2D eigenvalue weighted by atomic mass is 10.0. The molecule has 0 spiro atoms. The number of rotatable bonds is 6. The van der Waals surface area contributed by atoms with E-state index in [4.69, 9.17) is 23.2 Å². The number of amides is 1. The lowest BCUT2D eigenvalue weighted by Crippen LogP contribution is -2.24. The molecule has 0 saturated heterocycles. The van der Waals surface area contributed by atoms with Crippen LogP contribution in [0.5, 0.6) is 0 Å². The molecule has 5 nitrogen and oxygen atoms in total. The second-order valence-electron chi connectivity index (χ2n) is 6.19. The van der Waals surface area contributed by atoms with Crippen LogP contribution < -0.4 is 5.32 Å². The summed E-state index contributed by atoms with van der Waals surface area (Å²) in [6.07, 6.45) is 1.63. The number of benzene rings is 3. The molecule has 0 aliphatic carbocycles. The largest absolute Gasteiger partial charge is 0.348 e. The van der Waals surface area contributed by atoms with Crippen molar-refractivity contribution in [1.29, 1.82) is 0 Å². The topological polar surface area (TPSA) is 72.2 Å². The first-order chi connectivity index (χ1) is 13.9. The third-order valence-corrected chi connectivity index (χ3v) is 4.76. The fourth-order valence-electron chi connectivity index (χ4n) is 2.73. The second-order valence-corrected chi connectivity index (χ2v) is 7.04. The van der Waals surface area contributed by atoms with Crippen LogP contribution in [-0.2, 0) is 11.3 Å². The minimum atomic E-state index is -0.470. The van der Waals surface area contributed by atoms with Crippen molar-refractivity contribution in [2.45, 2.75) is 6.54 Å². The molecule has 0 aliphatic heterocycles. The molecule has 3 aromatic carbocycles. The Kier molecular flexibility index (Phi) is 6.65. The molecule has 1 N–H and O–H groups in total. The van der Waals surface area contributed by atoms with Crippen LogP contribution in [0, 0.1) is 10.1 Å². The van der Waals surface area contributed by atoms with Crippen molar-refractivity contribution in [1.82, 2.24) is 5.32 Å². The summed E-state index contributed by atoms with van der Waals surface area (Å²) in [7, 11) is 0. The summed E-state index contributed by atoms with van der Waals surface area (Å²) in [4.78, 5) is 23.5. The van der Waals surface area contributed by atoms with Gasteiger partial charge in [-0.3, -0.25) is 14.9 Å². The first-order valence-corrected chi connectivity index (χ1v) is 9.43. The second kappa shape index (κ2) is 9.37. The van der Waals surface area contributed by atoms with Gasteiger partial charge < -0.3 is 5.32 Å². The van der Waals surface area contributed by atoms with Gasteiger partial charge in [-0.15, -0.1) is 0 Å². The number of non-ortho nitro benzene ring substituents is 1. The molecule has 3 aromatic rings. The van der Waals surface area contributed by atoms with Crippen molar-refractivity contribution in [2.24, 2.45) is 0 Å². The normalized spacial score (nSPS) is 11.2. The third kappa shape index (κ3) is 5.44. The average Bonchev–Trinajstić information content (AvgIpc) is 2.72. The average molecular weight is 427 g/mol. The summed E-state index contributed by atoms with van der Waals surface area (Å²) in [6.45, 7) is 0.216. The number of nitro benzene ring substituents is 1. The van der Waals surface area contributed by atoms with Gasteiger partial charge in [0, 0.05) is 34.3 Å². The minimum absolute atomic E-state index is 0.0421. The predicted octanol–water partition coefficient (Wildman–Crippen LogP) is 5.76. The van der Waals surface area contributed by atoms with Gasteiger partial charge in [0.2, 0.25) is 0 Å². The molecule has 1 amide bonds. The number of nitrogens with one attached hydrogen (secondary N) is 1. The maximum absolute atomic E-state index is 12.9. The number of hydrogen-bond donors (Lipinski definition) is 1. The standard InChI is InChI=1S/C22H16Cl2N2O3/c23-18-10-9-17(21(24)13-18)14-25-22(27)20(16-6-2-1-3-7-16)12-15-5-4-8-19(11-15)26(28)29/h1-13H,14H2,(H,25,27). The molecule has 0 radical (unpaired) electrons. The number of halogens is 2. The molecule has 0 aromatic heterocycles. The van der Waals surface area contributed by atoms with Crippen LogP contribution in [0.4, 0.5) is 5.69 Å². The fraction of sp³-hybridized carbons (Fsp3) is 0.0455. The number of carbonyl (C=O) groups excluding carboxylic acids is 1. The van der Waals surface area contributed by atoms with E-state index in [1.165, 1.54) is 12.1 Å². The minimum Gasteiger partial charge on any atom is -0.348 e. The molecule has 29 heavy (non-hydrogen) atoms. The van der Waals surface area contributed by atoms with Gasteiger partial charge in [0.05, 0.1) is 4.92 Å². The van der Waals surface area contributed by atoms with Crippen LogP contribution in [0.2, 0.25) is 10.0 Å². The first kappa shape index (κ1) is 20.6. The van der Waals surface area contributed by atoms with Crippen LogP contribution in [0.3, 0.4) is 0 Å². The Bertz CT molecular complexity index is 1080. The number of carbonyl (C=O) groups is 1. The van der Waals surface area contributed by atoms with Crippen molar-refractivity contribution in [2.75, 3.05) is 0 Å². The predicted molar refractivity (Wildman–Crippen MR) is 116 cm³/mol. The van der Waals surface area contributed by atoms with Crippen LogP contribution in [0.15, 0.2) is 72.8 Å². The number of nitrogens with zero attached hydrogens (tertiary/aromatic N) is 1. The van der Waals surface area contributed by atoms with E-state index in [1.54, 1.807) is 48.5 Å². The Morgan fingerprint density at radius 2 is 1.76 bits per heavy atom. The van der Waals surface area contributed by atoms with E-state index < -0.39 is 4.92 Å². The lowest BCUT2D eigenvalue weighted by molar-refractivity contribution is -0.384. The highest BCUT2D eigenvalue weighted by Crippen LogP contribution is 2.23. The molecule has 7 heteroatoms. The van der Waals surface area contributed by atoms with E-state index in [0.29, 0.717) is 26.7 Å². The Hall–Kier alpha value is -3.15. The van der Waals surface area contributed by atoms with Gasteiger partial charge in [0.1, 0.15) is 0 Å². The Labute approximate surface area is 177 Å². The summed E-state index contributed by atoms with van der Waals surface area (Å²) in [5.74, 6) is -0.325. The van der Waals surface area contributed by atoms with Gasteiger partial charge in [0.25, 0.3) is 11.6 Å². The van der Waals surface area contributed by atoms with Crippen molar-refractivity contribution in [3.63, 3.8) is 0 Å². The zero-order valence-electron chi connectivity index (χ0n) is 15.1. The zero-order valence-corrected chi connectivity index (χ0v) is 16.7. The summed E-state index contributed by atoms with van der Waals surface area (Å²) in [6, 6.07) is 20.3. The maximum atomic E-state index is 12.9. The highest BCUT2D eigenvalue weighted by molar-refractivity contribution is 6.35. The van der Waals surface area contributed by atoms with Gasteiger partial charge in [0.15, 0.2) is 0 Å². The van der Waals surface area contributed by atoms with Crippen molar-refractivity contribution in [3.8, 4) is 0 Å². The van der Waals surface area contributed by atoms with Gasteiger partial charge >= 0.3 is 0 Å². The Morgan fingerprint density at radius 1 is 1.00 bits per heavy atom. The molecule has 0 aliphatic rings. The molecule has 0 fully saturated rings. The van der Waals surface area contributed by atoms with Crippen molar-refractivity contribution >= 4 is 46.4 Å². The van der Waals surface area contributed by atoms with Crippen molar-refractivity contribution < 1.29 is 9.72 Å². The molecule has 0 atom stereocenters.